The van der Waals surface area contributed by atoms with E-state index in [0.717, 1.165) is 11.7 Å². The largest absolute Gasteiger partial charge is 0.744 e. The van der Waals surface area contributed by atoms with E-state index in [1.165, 1.54) is 39.2 Å². The van der Waals surface area contributed by atoms with Gasteiger partial charge in [-0.15, -0.1) is 0 Å². The van der Waals surface area contributed by atoms with Gasteiger partial charge < -0.3 is 4.55 Å². The third kappa shape index (κ3) is 6.79. The summed E-state index contributed by atoms with van der Waals surface area (Å²) >= 11 is 0. The molecule has 3 nitrogen and oxygen atoms in total. The van der Waals surface area contributed by atoms with Crippen LogP contribution in [0.25, 0.3) is 6.08 Å². The molecule has 0 aromatic heterocycles. The molecule has 196 valence electrons. The lowest BCUT2D eigenvalue weighted by molar-refractivity contribution is 0.463. The van der Waals surface area contributed by atoms with E-state index in [9.17, 15) is 13.0 Å². The maximum absolute atomic E-state index is 10.4. The first-order valence-electron chi connectivity index (χ1n) is 12.6. The molecular formula is C34H31O3PS. The number of benzene rings is 5. The van der Waals surface area contributed by atoms with Crippen LogP contribution in [0.2, 0.25) is 0 Å². The molecule has 0 saturated heterocycles. The Bertz CT molecular complexity index is 1500. The van der Waals surface area contributed by atoms with Gasteiger partial charge in [0.25, 0.3) is 0 Å². The highest BCUT2D eigenvalue weighted by Gasteiger charge is 2.45. The molecule has 0 saturated carbocycles. The number of aryl methyl sites for hydroxylation is 1. The van der Waals surface area contributed by atoms with E-state index in [4.69, 9.17) is 0 Å². The van der Waals surface area contributed by atoms with E-state index in [-0.39, 0.29) is 4.90 Å². The Morgan fingerprint density at radius 1 is 0.641 bits per heavy atom. The number of hydrogen-bond acceptors (Lipinski definition) is 3. The molecule has 0 aliphatic rings. The van der Waals surface area contributed by atoms with E-state index in [1.54, 1.807) is 12.1 Å². The van der Waals surface area contributed by atoms with Gasteiger partial charge in [-0.1, -0.05) is 109 Å². The molecule has 0 unspecified atom stereocenters. The minimum absolute atomic E-state index is 0.178. The summed E-state index contributed by atoms with van der Waals surface area (Å²) in [6.07, 6.45) is 2.96. The van der Waals surface area contributed by atoms with Crippen molar-refractivity contribution >= 4 is 39.4 Å². The summed E-state index contributed by atoms with van der Waals surface area (Å²) in [6, 6.07) is 47.5. The highest BCUT2D eigenvalue weighted by atomic mass is 32.2. The van der Waals surface area contributed by atoms with Crippen LogP contribution >= 0.6 is 7.26 Å². The van der Waals surface area contributed by atoms with Gasteiger partial charge in [0.15, 0.2) is 0 Å². The molecule has 0 heterocycles. The van der Waals surface area contributed by atoms with Gasteiger partial charge in [0.05, 0.1) is 11.1 Å². The van der Waals surface area contributed by atoms with Gasteiger partial charge in [-0.3, -0.25) is 0 Å². The van der Waals surface area contributed by atoms with Gasteiger partial charge in [0.2, 0.25) is 0 Å². The minimum Gasteiger partial charge on any atom is -0.744 e. The molecule has 5 rings (SSSR count). The average Bonchev–Trinajstić information content (AvgIpc) is 2.97. The fraction of sp³-hybridized carbons (Fsp3) is 0.0588. The Morgan fingerprint density at radius 3 is 1.46 bits per heavy atom. The van der Waals surface area contributed by atoms with Crippen LogP contribution in [0, 0.1) is 6.92 Å². The minimum atomic E-state index is -4.27. The second-order valence-corrected chi connectivity index (χ2v) is 14.0. The molecule has 0 N–H and O–H groups in total. The maximum Gasteiger partial charge on any atom is 0.124 e. The standard InChI is InChI=1S/C27H24P.C7H8O3S/c1-2-23-14-12-13-15-24(23)22-28(25-16-6-3-7-17-25,26-18-8-4-9-19-26)27-20-10-5-11-21-27;1-6-2-4-7(5-3-6)11(8,9)10/h2-21H,1,22H2;2-5H,1H3,(H,8,9,10)/q+1;/p-1. The van der Waals surface area contributed by atoms with Crippen molar-refractivity contribution < 1.29 is 13.0 Å². The summed E-state index contributed by atoms with van der Waals surface area (Å²) in [5.41, 5.74) is 3.49. The molecule has 5 aromatic carbocycles. The molecule has 0 atom stereocenters. The lowest BCUT2D eigenvalue weighted by atomic mass is 10.1. The van der Waals surface area contributed by atoms with Crippen molar-refractivity contribution in [3.05, 3.63) is 163 Å². The zero-order valence-corrected chi connectivity index (χ0v) is 23.6. The van der Waals surface area contributed by atoms with Crippen LogP contribution in [-0.4, -0.2) is 13.0 Å². The predicted molar refractivity (Wildman–Crippen MR) is 165 cm³/mol. The summed E-state index contributed by atoms with van der Waals surface area (Å²) in [5, 5.41) is 4.23. The lowest BCUT2D eigenvalue weighted by Crippen LogP contribution is -2.32. The van der Waals surface area contributed by atoms with Gasteiger partial charge in [-0.25, -0.2) is 8.42 Å². The Hall–Kier alpha value is -3.82. The molecule has 5 heteroatoms. The first kappa shape index (κ1) is 28.2. The summed E-state index contributed by atoms with van der Waals surface area (Å²) in [4.78, 5) is -0.178. The average molecular weight is 551 g/mol. The molecule has 0 bridgehead atoms. The molecule has 0 amide bonds. The van der Waals surface area contributed by atoms with Crippen LogP contribution in [0.5, 0.6) is 0 Å². The third-order valence-corrected chi connectivity index (χ3v) is 11.8. The monoisotopic (exact) mass is 550 g/mol. The van der Waals surface area contributed by atoms with Gasteiger partial charge in [-0.05, 0) is 66.6 Å². The van der Waals surface area contributed by atoms with Gasteiger partial charge in [0, 0.05) is 0 Å². The van der Waals surface area contributed by atoms with E-state index in [1.807, 2.05) is 13.0 Å². The molecule has 0 aliphatic carbocycles. The quantitative estimate of drug-likeness (QED) is 0.167. The van der Waals surface area contributed by atoms with Crippen molar-refractivity contribution in [1.82, 2.24) is 0 Å². The van der Waals surface area contributed by atoms with Crippen molar-refractivity contribution in [3.63, 3.8) is 0 Å². The second-order valence-electron chi connectivity index (χ2n) is 9.14. The number of hydrogen-bond donors (Lipinski definition) is 0. The molecule has 0 spiro atoms. The van der Waals surface area contributed by atoms with Crippen molar-refractivity contribution in [2.24, 2.45) is 0 Å². The summed E-state index contributed by atoms with van der Waals surface area (Å²) in [7, 11) is -6.13. The van der Waals surface area contributed by atoms with Crippen molar-refractivity contribution in [2.45, 2.75) is 18.0 Å². The van der Waals surface area contributed by atoms with E-state index in [0.29, 0.717) is 0 Å². The summed E-state index contributed by atoms with van der Waals surface area (Å²) < 4.78 is 31.2. The van der Waals surface area contributed by atoms with Crippen molar-refractivity contribution in [2.75, 3.05) is 0 Å². The zero-order valence-electron chi connectivity index (χ0n) is 21.9. The Morgan fingerprint density at radius 2 is 1.05 bits per heavy atom. The van der Waals surface area contributed by atoms with E-state index in [2.05, 4.69) is 122 Å². The highest BCUT2D eigenvalue weighted by Crippen LogP contribution is 2.58. The molecule has 0 aliphatic heterocycles. The van der Waals surface area contributed by atoms with Crippen LogP contribution in [0.4, 0.5) is 0 Å². The van der Waals surface area contributed by atoms with Crippen LogP contribution in [-0.2, 0) is 16.3 Å². The zero-order chi connectivity index (χ0) is 27.7. The summed E-state index contributed by atoms with van der Waals surface area (Å²) in [6.45, 7) is 5.87. The maximum atomic E-state index is 10.4. The second kappa shape index (κ2) is 12.8. The predicted octanol–water partition coefficient (Wildman–Crippen LogP) is 6.72. The third-order valence-electron chi connectivity index (χ3n) is 6.58. The molecule has 39 heavy (non-hydrogen) atoms. The topological polar surface area (TPSA) is 57.2 Å². The Kier molecular flexibility index (Phi) is 9.27. The normalized spacial score (nSPS) is 11.2. The van der Waals surface area contributed by atoms with Crippen LogP contribution in [0.1, 0.15) is 16.7 Å². The van der Waals surface area contributed by atoms with E-state index >= 15 is 0 Å². The van der Waals surface area contributed by atoms with Crippen molar-refractivity contribution in [1.29, 1.82) is 0 Å². The van der Waals surface area contributed by atoms with Crippen LogP contribution in [0.15, 0.2) is 151 Å². The Labute approximate surface area is 232 Å². The smallest absolute Gasteiger partial charge is 0.124 e. The molecule has 0 radical (unpaired) electrons. The lowest BCUT2D eigenvalue weighted by Gasteiger charge is -2.28. The highest BCUT2D eigenvalue weighted by molar-refractivity contribution is 7.95. The van der Waals surface area contributed by atoms with Crippen LogP contribution < -0.4 is 15.9 Å². The first-order chi connectivity index (χ1) is 18.8. The van der Waals surface area contributed by atoms with Crippen molar-refractivity contribution in [3.8, 4) is 0 Å². The first-order valence-corrected chi connectivity index (χ1v) is 16.0. The fourth-order valence-corrected chi connectivity index (χ4v) is 9.36. The molecular weight excluding hydrogens is 519 g/mol. The molecule has 0 fully saturated rings. The van der Waals surface area contributed by atoms with Crippen LogP contribution in [0.3, 0.4) is 0 Å². The Balaban J connectivity index is 0.000000270. The SMILES string of the molecule is C=Cc1ccccc1C[P+](c1ccccc1)(c1ccccc1)c1ccccc1.Cc1ccc(S(=O)(=O)[O-])cc1. The van der Waals surface area contributed by atoms with Gasteiger partial charge >= 0.3 is 0 Å². The van der Waals surface area contributed by atoms with E-state index < -0.39 is 17.4 Å². The number of rotatable bonds is 7. The summed E-state index contributed by atoms with van der Waals surface area (Å²) in [5.74, 6) is 0. The fourth-order valence-electron chi connectivity index (χ4n) is 4.61. The van der Waals surface area contributed by atoms with Gasteiger partial charge in [0.1, 0.15) is 33.3 Å². The molecule has 5 aromatic rings. The van der Waals surface area contributed by atoms with Gasteiger partial charge in [-0.2, -0.15) is 0 Å².